The second-order valence-electron chi connectivity index (χ2n) is 7.83. The molecule has 7 heteroatoms. The molecular formula is C21H32N2O5. The molecule has 1 unspecified atom stereocenters. The van der Waals surface area contributed by atoms with Crippen LogP contribution in [0.2, 0.25) is 0 Å². The standard InChI is InChI=1S/C21H32N2O5/c24-17-11-10-14-22-12-6-3-1-2-4-8-15-23(16-9-5-7-13-22)21(28)20(27)19(26)18(17)25/h1-16H2. The van der Waals surface area contributed by atoms with Crippen molar-refractivity contribution in [2.75, 3.05) is 32.7 Å². The highest BCUT2D eigenvalue weighted by Crippen LogP contribution is 2.12. The summed E-state index contributed by atoms with van der Waals surface area (Å²) in [6.07, 6.45) is 9.33. The van der Waals surface area contributed by atoms with Crippen molar-refractivity contribution in [3.8, 4) is 0 Å². The van der Waals surface area contributed by atoms with Gasteiger partial charge in [-0.2, -0.15) is 0 Å². The van der Waals surface area contributed by atoms with Crippen molar-refractivity contribution in [1.29, 1.82) is 0 Å². The number of carbonyl (C=O) groups excluding carboxylic acids is 5. The number of Topliss-reactive ketones (excluding diaryl/α,β-unsaturated/α-hetero) is 4. The zero-order chi connectivity index (χ0) is 20.4. The van der Waals surface area contributed by atoms with Crippen molar-refractivity contribution in [3.05, 3.63) is 0 Å². The Labute approximate surface area is 166 Å². The Kier molecular flexibility index (Phi) is 9.47. The molecule has 1 amide bonds. The van der Waals surface area contributed by atoms with E-state index in [1.54, 1.807) is 0 Å². The van der Waals surface area contributed by atoms with E-state index >= 15 is 0 Å². The van der Waals surface area contributed by atoms with Crippen LogP contribution in [0, 0.1) is 0 Å². The molecule has 0 aromatic heterocycles. The van der Waals surface area contributed by atoms with Crippen LogP contribution in [-0.4, -0.2) is 71.6 Å². The molecular weight excluding hydrogens is 360 g/mol. The van der Waals surface area contributed by atoms with Crippen molar-refractivity contribution in [2.45, 2.75) is 70.6 Å². The first-order valence-electron chi connectivity index (χ1n) is 10.7. The molecule has 2 rings (SSSR count). The minimum absolute atomic E-state index is 0.0632. The Morgan fingerprint density at radius 2 is 0.929 bits per heavy atom. The van der Waals surface area contributed by atoms with E-state index in [1.165, 1.54) is 4.90 Å². The third-order valence-corrected chi connectivity index (χ3v) is 5.58. The van der Waals surface area contributed by atoms with Crippen LogP contribution in [0.15, 0.2) is 0 Å². The molecule has 2 aliphatic rings. The quantitative estimate of drug-likeness (QED) is 0.583. The predicted molar refractivity (Wildman–Crippen MR) is 104 cm³/mol. The fourth-order valence-electron chi connectivity index (χ4n) is 3.86. The Bertz CT molecular complexity index is 602. The summed E-state index contributed by atoms with van der Waals surface area (Å²) in [5.74, 6) is -6.00. The van der Waals surface area contributed by atoms with Crippen LogP contribution in [0.1, 0.15) is 70.6 Å². The highest BCUT2D eigenvalue weighted by Gasteiger charge is 2.35. The first kappa shape index (κ1) is 22.4. The fraction of sp³-hybridized carbons (Fsp3) is 0.762. The molecule has 156 valence electrons. The van der Waals surface area contributed by atoms with Crippen LogP contribution in [0.25, 0.3) is 0 Å². The third-order valence-electron chi connectivity index (χ3n) is 5.58. The van der Waals surface area contributed by atoms with Crippen LogP contribution >= 0.6 is 0 Å². The van der Waals surface area contributed by atoms with Gasteiger partial charge in [0.05, 0.1) is 0 Å². The van der Waals surface area contributed by atoms with E-state index in [9.17, 15) is 24.0 Å². The second kappa shape index (κ2) is 11.8. The molecule has 1 atom stereocenters. The largest absolute Gasteiger partial charge is 0.336 e. The summed E-state index contributed by atoms with van der Waals surface area (Å²) in [5.41, 5.74) is 0. The topological polar surface area (TPSA) is 91.8 Å². The third kappa shape index (κ3) is 6.93. The van der Waals surface area contributed by atoms with Gasteiger partial charge >= 0.3 is 0 Å². The lowest BCUT2D eigenvalue weighted by Gasteiger charge is -2.23. The van der Waals surface area contributed by atoms with E-state index in [1.807, 2.05) is 0 Å². The zero-order valence-corrected chi connectivity index (χ0v) is 16.7. The first-order chi connectivity index (χ1) is 13.5. The van der Waals surface area contributed by atoms with Gasteiger partial charge < -0.3 is 9.80 Å². The number of hydrogen-bond acceptors (Lipinski definition) is 6. The minimum Gasteiger partial charge on any atom is -0.336 e. The molecule has 0 aromatic carbocycles. The average Bonchev–Trinajstić information content (AvgIpc) is 2.70. The van der Waals surface area contributed by atoms with E-state index in [0.717, 1.165) is 70.9 Å². The number of fused-ring (bicyclic) bond motifs is 6. The van der Waals surface area contributed by atoms with Gasteiger partial charge in [-0.05, 0) is 51.7 Å². The highest BCUT2D eigenvalue weighted by molar-refractivity contribution is 6.86. The molecule has 0 N–H and O–H groups in total. The highest BCUT2D eigenvalue weighted by atomic mass is 16.2. The molecule has 0 saturated carbocycles. The summed E-state index contributed by atoms with van der Waals surface area (Å²) in [6, 6.07) is 0. The molecule has 0 aromatic rings. The van der Waals surface area contributed by atoms with Gasteiger partial charge in [-0.3, -0.25) is 24.0 Å². The molecule has 0 radical (unpaired) electrons. The Morgan fingerprint density at radius 3 is 1.54 bits per heavy atom. The maximum atomic E-state index is 12.5. The summed E-state index contributed by atoms with van der Waals surface area (Å²) in [4.78, 5) is 64.6. The molecule has 7 nitrogen and oxygen atoms in total. The Hall–Kier alpha value is -1.89. The van der Waals surface area contributed by atoms with Gasteiger partial charge in [0.25, 0.3) is 23.3 Å². The van der Waals surface area contributed by atoms with E-state index in [0.29, 0.717) is 26.1 Å². The zero-order valence-electron chi connectivity index (χ0n) is 16.7. The number of hydrogen-bond donors (Lipinski definition) is 0. The van der Waals surface area contributed by atoms with E-state index in [-0.39, 0.29) is 6.42 Å². The molecule has 28 heavy (non-hydrogen) atoms. The second-order valence-corrected chi connectivity index (χ2v) is 7.83. The molecule has 2 fully saturated rings. The molecule has 2 bridgehead atoms. The van der Waals surface area contributed by atoms with Gasteiger partial charge in [0, 0.05) is 19.5 Å². The number of nitrogens with zero attached hydrogens (tertiary/aromatic N) is 2. The molecule has 0 aliphatic carbocycles. The maximum absolute atomic E-state index is 12.5. The van der Waals surface area contributed by atoms with Crippen molar-refractivity contribution >= 4 is 29.0 Å². The summed E-state index contributed by atoms with van der Waals surface area (Å²) in [5, 5.41) is 0. The van der Waals surface area contributed by atoms with Crippen molar-refractivity contribution in [1.82, 2.24) is 9.80 Å². The maximum Gasteiger partial charge on any atom is 0.298 e. The first-order valence-corrected chi connectivity index (χ1v) is 10.7. The predicted octanol–water partition coefficient (Wildman–Crippen LogP) is 1.71. The SMILES string of the molecule is O=C1CCCN2CCCCCCCCN(CCCCC2)C(=O)C(=O)C(=O)C1=O. The summed E-state index contributed by atoms with van der Waals surface area (Å²) >= 11 is 0. The smallest absolute Gasteiger partial charge is 0.298 e. The monoisotopic (exact) mass is 392 g/mol. The van der Waals surface area contributed by atoms with Crippen LogP contribution < -0.4 is 0 Å². The number of ketones is 4. The Balaban J connectivity index is 2.20. The van der Waals surface area contributed by atoms with Crippen LogP contribution in [0.4, 0.5) is 0 Å². The lowest BCUT2D eigenvalue weighted by atomic mass is 10.0. The van der Waals surface area contributed by atoms with E-state index < -0.39 is 29.0 Å². The summed E-state index contributed by atoms with van der Waals surface area (Å²) in [7, 11) is 0. The summed E-state index contributed by atoms with van der Waals surface area (Å²) < 4.78 is 0. The molecule has 2 saturated heterocycles. The Morgan fingerprint density at radius 1 is 0.464 bits per heavy atom. The van der Waals surface area contributed by atoms with E-state index in [2.05, 4.69) is 4.90 Å². The molecule has 2 aliphatic heterocycles. The van der Waals surface area contributed by atoms with Gasteiger partial charge in [0.2, 0.25) is 5.78 Å². The van der Waals surface area contributed by atoms with Crippen LogP contribution in [0.3, 0.4) is 0 Å². The molecule has 2 heterocycles. The average molecular weight is 392 g/mol. The van der Waals surface area contributed by atoms with E-state index in [4.69, 9.17) is 0 Å². The lowest BCUT2D eigenvalue weighted by Crippen LogP contribution is -2.44. The van der Waals surface area contributed by atoms with Gasteiger partial charge in [-0.25, -0.2) is 0 Å². The van der Waals surface area contributed by atoms with Crippen molar-refractivity contribution in [2.24, 2.45) is 0 Å². The van der Waals surface area contributed by atoms with Gasteiger partial charge in [-0.15, -0.1) is 0 Å². The lowest BCUT2D eigenvalue weighted by molar-refractivity contribution is -0.154. The van der Waals surface area contributed by atoms with Crippen molar-refractivity contribution < 1.29 is 24.0 Å². The number of amides is 1. The number of rotatable bonds is 0. The van der Waals surface area contributed by atoms with Crippen LogP contribution in [0.5, 0.6) is 0 Å². The van der Waals surface area contributed by atoms with Crippen molar-refractivity contribution in [3.63, 3.8) is 0 Å². The normalized spacial score (nSPS) is 25.6. The van der Waals surface area contributed by atoms with Gasteiger partial charge in [0.15, 0.2) is 0 Å². The van der Waals surface area contributed by atoms with Crippen LogP contribution in [-0.2, 0) is 24.0 Å². The fourth-order valence-corrected chi connectivity index (χ4v) is 3.86. The summed E-state index contributed by atoms with van der Waals surface area (Å²) in [6.45, 7) is 3.41. The molecule has 0 spiro atoms. The minimum atomic E-state index is -1.48. The van der Waals surface area contributed by atoms with Gasteiger partial charge in [0.1, 0.15) is 0 Å². The van der Waals surface area contributed by atoms with Gasteiger partial charge in [-0.1, -0.05) is 32.1 Å². The number of carbonyl (C=O) groups is 5.